The molecule has 5 nitrogen and oxygen atoms in total. The van der Waals surface area contributed by atoms with Crippen molar-refractivity contribution in [3.63, 3.8) is 0 Å². The SMILES string of the molecule is Cc1ccc(Cn2nnnc2CNC2CC2)s1. The molecular formula is C11H15N5S. The molecular weight excluding hydrogens is 234 g/mol. The quantitative estimate of drug-likeness (QED) is 0.869. The van der Waals surface area contributed by atoms with Gasteiger partial charge in [-0.25, -0.2) is 4.68 Å². The van der Waals surface area contributed by atoms with Crippen molar-refractivity contribution < 1.29 is 0 Å². The summed E-state index contributed by atoms with van der Waals surface area (Å²) in [5.74, 6) is 0.919. The zero-order valence-electron chi connectivity index (χ0n) is 9.76. The van der Waals surface area contributed by atoms with E-state index in [0.717, 1.165) is 18.9 Å². The van der Waals surface area contributed by atoms with Crippen molar-refractivity contribution in [3.8, 4) is 0 Å². The van der Waals surface area contributed by atoms with Crippen molar-refractivity contribution >= 4 is 11.3 Å². The number of nitrogens with zero attached hydrogens (tertiary/aromatic N) is 4. The van der Waals surface area contributed by atoms with Gasteiger partial charge in [0.05, 0.1) is 13.1 Å². The number of aryl methyl sites for hydroxylation is 1. The van der Waals surface area contributed by atoms with Gasteiger partial charge in [0.1, 0.15) is 0 Å². The first-order valence-electron chi connectivity index (χ1n) is 5.85. The van der Waals surface area contributed by atoms with Crippen LogP contribution < -0.4 is 5.32 Å². The summed E-state index contributed by atoms with van der Waals surface area (Å²) >= 11 is 1.79. The van der Waals surface area contributed by atoms with Crippen LogP contribution in [0.3, 0.4) is 0 Å². The smallest absolute Gasteiger partial charge is 0.165 e. The fourth-order valence-corrected chi connectivity index (χ4v) is 2.59. The average molecular weight is 249 g/mol. The first-order valence-corrected chi connectivity index (χ1v) is 6.66. The van der Waals surface area contributed by atoms with Crippen LogP contribution in [0.1, 0.15) is 28.4 Å². The van der Waals surface area contributed by atoms with Crippen LogP contribution in [0.25, 0.3) is 0 Å². The highest BCUT2D eigenvalue weighted by atomic mass is 32.1. The van der Waals surface area contributed by atoms with Crippen molar-refractivity contribution in [2.75, 3.05) is 0 Å². The Morgan fingerprint density at radius 3 is 3.06 bits per heavy atom. The van der Waals surface area contributed by atoms with E-state index >= 15 is 0 Å². The molecule has 0 bridgehead atoms. The lowest BCUT2D eigenvalue weighted by Crippen LogP contribution is -2.19. The lowest BCUT2D eigenvalue weighted by atomic mass is 10.4. The van der Waals surface area contributed by atoms with Crippen LogP contribution >= 0.6 is 11.3 Å². The summed E-state index contributed by atoms with van der Waals surface area (Å²) in [5.41, 5.74) is 0. The number of nitrogens with one attached hydrogen (secondary N) is 1. The molecule has 0 spiro atoms. The second-order valence-electron chi connectivity index (χ2n) is 4.42. The molecule has 0 unspecified atom stereocenters. The van der Waals surface area contributed by atoms with E-state index in [-0.39, 0.29) is 0 Å². The zero-order chi connectivity index (χ0) is 11.7. The van der Waals surface area contributed by atoms with E-state index in [1.165, 1.54) is 22.6 Å². The fraction of sp³-hybridized carbons (Fsp3) is 0.545. The van der Waals surface area contributed by atoms with Gasteiger partial charge in [-0.1, -0.05) is 0 Å². The third-order valence-electron chi connectivity index (χ3n) is 2.83. The molecule has 17 heavy (non-hydrogen) atoms. The van der Waals surface area contributed by atoms with Crippen molar-refractivity contribution in [1.29, 1.82) is 0 Å². The summed E-state index contributed by atoms with van der Waals surface area (Å²) in [6, 6.07) is 4.95. The lowest BCUT2D eigenvalue weighted by molar-refractivity contribution is 0.581. The Bertz CT molecular complexity index is 499. The highest BCUT2D eigenvalue weighted by Gasteiger charge is 2.21. The predicted octanol–water partition coefficient (Wildman–Crippen LogP) is 1.34. The number of thiophene rings is 1. The molecule has 2 aromatic rings. The van der Waals surface area contributed by atoms with E-state index in [1.807, 2.05) is 4.68 Å². The van der Waals surface area contributed by atoms with Crippen molar-refractivity contribution in [1.82, 2.24) is 25.5 Å². The topological polar surface area (TPSA) is 55.6 Å². The number of hydrogen-bond donors (Lipinski definition) is 1. The molecule has 0 saturated heterocycles. The van der Waals surface area contributed by atoms with Crippen LogP contribution in [0.5, 0.6) is 0 Å². The van der Waals surface area contributed by atoms with Gasteiger partial charge in [-0.15, -0.1) is 16.4 Å². The lowest BCUT2D eigenvalue weighted by Gasteiger charge is -2.03. The van der Waals surface area contributed by atoms with Crippen molar-refractivity contribution in [3.05, 3.63) is 27.7 Å². The fourth-order valence-electron chi connectivity index (χ4n) is 1.71. The molecule has 1 saturated carbocycles. The number of hydrogen-bond acceptors (Lipinski definition) is 5. The Morgan fingerprint density at radius 1 is 1.47 bits per heavy atom. The van der Waals surface area contributed by atoms with Gasteiger partial charge >= 0.3 is 0 Å². The summed E-state index contributed by atoms with van der Waals surface area (Å²) in [5, 5.41) is 15.3. The molecule has 2 heterocycles. The van der Waals surface area contributed by atoms with Gasteiger partial charge in [0.2, 0.25) is 0 Å². The van der Waals surface area contributed by atoms with E-state index in [9.17, 15) is 0 Å². The van der Waals surface area contributed by atoms with Crippen LogP contribution in [-0.4, -0.2) is 26.2 Å². The maximum Gasteiger partial charge on any atom is 0.165 e. The summed E-state index contributed by atoms with van der Waals surface area (Å²) in [6.07, 6.45) is 2.57. The zero-order valence-corrected chi connectivity index (χ0v) is 10.6. The minimum absolute atomic E-state index is 0.684. The maximum atomic E-state index is 4.06. The second kappa shape index (κ2) is 4.54. The molecule has 0 aliphatic heterocycles. The number of rotatable bonds is 5. The molecule has 6 heteroatoms. The van der Waals surface area contributed by atoms with Gasteiger partial charge in [0.25, 0.3) is 0 Å². The Morgan fingerprint density at radius 2 is 2.35 bits per heavy atom. The first kappa shape index (κ1) is 10.9. The molecule has 3 rings (SSSR count). The van der Waals surface area contributed by atoms with Gasteiger partial charge < -0.3 is 5.32 Å². The van der Waals surface area contributed by atoms with Crippen LogP contribution in [0.4, 0.5) is 0 Å². The van der Waals surface area contributed by atoms with Crippen molar-refractivity contribution in [2.24, 2.45) is 0 Å². The molecule has 1 aliphatic carbocycles. The Labute approximate surface area is 104 Å². The Kier molecular flexibility index (Phi) is 2.90. The van der Waals surface area contributed by atoms with Gasteiger partial charge in [-0.3, -0.25) is 0 Å². The molecule has 1 fully saturated rings. The third-order valence-corrected chi connectivity index (χ3v) is 3.82. The second-order valence-corrected chi connectivity index (χ2v) is 5.79. The van der Waals surface area contributed by atoms with E-state index in [0.29, 0.717) is 6.04 Å². The van der Waals surface area contributed by atoms with Crippen LogP contribution in [0.2, 0.25) is 0 Å². The summed E-state index contributed by atoms with van der Waals surface area (Å²) in [7, 11) is 0. The van der Waals surface area contributed by atoms with Crippen LogP contribution in [-0.2, 0) is 13.1 Å². The van der Waals surface area contributed by atoms with Gasteiger partial charge in [-0.2, -0.15) is 0 Å². The molecule has 0 amide bonds. The first-order chi connectivity index (χ1) is 8.31. The van der Waals surface area contributed by atoms with Gasteiger partial charge in [0, 0.05) is 15.8 Å². The largest absolute Gasteiger partial charge is 0.307 e. The molecule has 2 aromatic heterocycles. The molecule has 0 radical (unpaired) electrons. The van der Waals surface area contributed by atoms with Gasteiger partial charge in [-0.05, 0) is 42.3 Å². The normalized spacial score (nSPS) is 15.4. The third kappa shape index (κ3) is 2.70. The highest BCUT2D eigenvalue weighted by molar-refractivity contribution is 7.11. The molecule has 0 aromatic carbocycles. The molecule has 1 aliphatic rings. The minimum atomic E-state index is 0.684. The van der Waals surface area contributed by atoms with E-state index in [4.69, 9.17) is 0 Å². The Hall–Kier alpha value is -1.27. The van der Waals surface area contributed by atoms with Crippen LogP contribution in [0, 0.1) is 6.92 Å². The highest BCUT2D eigenvalue weighted by Crippen LogP contribution is 2.19. The number of aromatic nitrogens is 4. The van der Waals surface area contributed by atoms with Crippen molar-refractivity contribution in [2.45, 2.75) is 38.9 Å². The molecule has 90 valence electrons. The minimum Gasteiger partial charge on any atom is -0.307 e. The van der Waals surface area contributed by atoms with E-state index in [2.05, 4.69) is 39.9 Å². The van der Waals surface area contributed by atoms with E-state index in [1.54, 1.807) is 11.3 Å². The molecule has 0 atom stereocenters. The summed E-state index contributed by atoms with van der Waals surface area (Å²) in [4.78, 5) is 2.62. The standard InChI is InChI=1S/C11H15N5S/c1-8-2-5-10(17-8)7-16-11(13-14-15-16)6-12-9-3-4-9/h2,5,9,12H,3-4,6-7H2,1H3. The monoisotopic (exact) mass is 249 g/mol. The Balaban J connectivity index is 1.67. The summed E-state index contributed by atoms with van der Waals surface area (Å²) < 4.78 is 1.88. The van der Waals surface area contributed by atoms with Crippen LogP contribution in [0.15, 0.2) is 12.1 Å². The van der Waals surface area contributed by atoms with Gasteiger partial charge in [0.15, 0.2) is 5.82 Å². The maximum absolute atomic E-state index is 4.06. The molecule has 1 N–H and O–H groups in total. The average Bonchev–Trinajstić information content (AvgIpc) is 2.90. The summed E-state index contributed by atoms with van der Waals surface area (Å²) in [6.45, 7) is 3.65. The predicted molar refractivity (Wildman–Crippen MR) is 65.8 cm³/mol. The number of tetrazole rings is 1. The van der Waals surface area contributed by atoms with E-state index < -0.39 is 0 Å².